The highest BCUT2D eigenvalue weighted by molar-refractivity contribution is 7.86. The number of hydrogen-bond acceptors (Lipinski definition) is 3. The van der Waals surface area contributed by atoms with Crippen LogP contribution in [0.4, 0.5) is 0 Å². The average molecular weight is 276 g/mol. The number of rotatable bonds is 3. The van der Waals surface area contributed by atoms with Gasteiger partial charge in [-0.1, -0.05) is 0 Å². The second kappa shape index (κ2) is 4.47. The Morgan fingerprint density at radius 3 is 2.50 bits per heavy atom. The van der Waals surface area contributed by atoms with E-state index in [0.29, 0.717) is 19.5 Å². The van der Waals surface area contributed by atoms with Crippen molar-refractivity contribution < 1.29 is 18.3 Å². The monoisotopic (exact) mass is 276 g/mol. The van der Waals surface area contributed by atoms with E-state index >= 15 is 0 Å². The van der Waals surface area contributed by atoms with Crippen LogP contribution in [0.15, 0.2) is 0 Å². The van der Waals surface area contributed by atoms with Crippen molar-refractivity contribution in [2.45, 2.75) is 39.2 Å². The van der Waals surface area contributed by atoms with Crippen LogP contribution in [0.2, 0.25) is 0 Å². The molecule has 6 nitrogen and oxygen atoms in total. The lowest BCUT2D eigenvalue weighted by atomic mass is 9.90. The van der Waals surface area contributed by atoms with Crippen LogP contribution >= 0.6 is 0 Å². The van der Waals surface area contributed by atoms with Gasteiger partial charge in [0.1, 0.15) is 0 Å². The first-order valence-electron chi connectivity index (χ1n) is 6.28. The molecule has 0 aliphatic carbocycles. The van der Waals surface area contributed by atoms with Gasteiger partial charge in [-0.2, -0.15) is 17.0 Å². The van der Waals surface area contributed by atoms with E-state index in [1.807, 2.05) is 6.92 Å². The first-order chi connectivity index (χ1) is 8.27. The molecular formula is C11H20N2O4S. The standard InChI is InChI=1S/C11H20N2O4S/c1-9-4-3-6-13(9)18(16,17)12-7-5-11(2,8-12)10(14)15/h9H,3-8H2,1-2H3,(H,14,15). The van der Waals surface area contributed by atoms with Gasteiger partial charge in [-0.15, -0.1) is 0 Å². The molecule has 104 valence electrons. The van der Waals surface area contributed by atoms with Crippen LogP contribution in [0.25, 0.3) is 0 Å². The minimum Gasteiger partial charge on any atom is -0.481 e. The van der Waals surface area contributed by atoms with E-state index in [1.54, 1.807) is 6.92 Å². The minimum absolute atomic E-state index is 0.0201. The Labute approximate surface area is 108 Å². The summed E-state index contributed by atoms with van der Waals surface area (Å²) < 4.78 is 27.7. The summed E-state index contributed by atoms with van der Waals surface area (Å²) >= 11 is 0. The second-order valence-electron chi connectivity index (χ2n) is 5.56. The molecule has 0 saturated carbocycles. The first kappa shape index (κ1) is 13.8. The highest BCUT2D eigenvalue weighted by Crippen LogP contribution is 2.34. The zero-order valence-electron chi connectivity index (χ0n) is 10.8. The van der Waals surface area contributed by atoms with Gasteiger partial charge in [0, 0.05) is 25.7 Å². The van der Waals surface area contributed by atoms with Gasteiger partial charge in [0.25, 0.3) is 10.2 Å². The van der Waals surface area contributed by atoms with Crippen LogP contribution in [0.1, 0.15) is 33.1 Å². The zero-order valence-corrected chi connectivity index (χ0v) is 11.6. The largest absolute Gasteiger partial charge is 0.481 e. The predicted molar refractivity (Wildman–Crippen MR) is 66.3 cm³/mol. The fourth-order valence-electron chi connectivity index (χ4n) is 2.69. The maximum absolute atomic E-state index is 12.4. The Bertz CT molecular complexity index is 450. The summed E-state index contributed by atoms with van der Waals surface area (Å²) in [7, 11) is -3.49. The van der Waals surface area contributed by atoms with Crippen molar-refractivity contribution >= 4 is 16.2 Å². The van der Waals surface area contributed by atoms with Crippen molar-refractivity contribution in [2.24, 2.45) is 5.41 Å². The normalized spacial score (nSPS) is 35.1. The van der Waals surface area contributed by atoms with Crippen molar-refractivity contribution in [2.75, 3.05) is 19.6 Å². The highest BCUT2D eigenvalue weighted by atomic mass is 32.2. The lowest BCUT2D eigenvalue weighted by molar-refractivity contribution is -0.146. The average Bonchev–Trinajstić information content (AvgIpc) is 2.86. The molecule has 0 aromatic heterocycles. The third-order valence-electron chi connectivity index (χ3n) is 4.07. The van der Waals surface area contributed by atoms with Gasteiger partial charge >= 0.3 is 5.97 Å². The molecule has 2 aliphatic rings. The van der Waals surface area contributed by atoms with Crippen LogP contribution < -0.4 is 0 Å². The molecule has 2 unspecified atom stereocenters. The number of carboxylic acid groups (broad SMARTS) is 1. The lowest BCUT2D eigenvalue weighted by Crippen LogP contribution is -2.45. The topological polar surface area (TPSA) is 77.9 Å². The van der Waals surface area contributed by atoms with Crippen molar-refractivity contribution in [1.29, 1.82) is 0 Å². The second-order valence-corrected chi connectivity index (χ2v) is 7.44. The van der Waals surface area contributed by atoms with Gasteiger partial charge in [-0.3, -0.25) is 4.79 Å². The lowest BCUT2D eigenvalue weighted by Gasteiger charge is -2.27. The molecular weight excluding hydrogens is 256 g/mol. The van der Waals surface area contributed by atoms with E-state index in [-0.39, 0.29) is 12.6 Å². The maximum Gasteiger partial charge on any atom is 0.310 e. The predicted octanol–water partition coefficient (Wildman–Crippen LogP) is 0.512. The summed E-state index contributed by atoms with van der Waals surface area (Å²) in [6.07, 6.45) is 2.14. The number of carbonyl (C=O) groups is 1. The van der Waals surface area contributed by atoms with E-state index in [1.165, 1.54) is 8.61 Å². The van der Waals surface area contributed by atoms with E-state index in [9.17, 15) is 13.2 Å². The Morgan fingerprint density at radius 2 is 2.06 bits per heavy atom. The Hall–Kier alpha value is -0.660. The number of aliphatic carboxylic acids is 1. The Balaban J connectivity index is 2.16. The molecule has 7 heteroatoms. The molecule has 2 fully saturated rings. The van der Waals surface area contributed by atoms with Crippen molar-refractivity contribution in [1.82, 2.24) is 8.61 Å². The Kier molecular flexibility index (Phi) is 3.42. The molecule has 0 spiro atoms. The molecule has 0 aromatic rings. The fraction of sp³-hybridized carbons (Fsp3) is 0.909. The molecule has 0 amide bonds. The summed E-state index contributed by atoms with van der Waals surface area (Å²) in [5.41, 5.74) is -0.948. The molecule has 2 heterocycles. The third-order valence-corrected chi connectivity index (χ3v) is 6.17. The number of nitrogens with zero attached hydrogens (tertiary/aromatic N) is 2. The molecule has 1 N–H and O–H groups in total. The molecule has 2 rings (SSSR count). The van der Waals surface area contributed by atoms with Crippen molar-refractivity contribution in [3.8, 4) is 0 Å². The summed E-state index contributed by atoms with van der Waals surface area (Å²) in [6, 6.07) is 0.0201. The van der Waals surface area contributed by atoms with E-state index in [4.69, 9.17) is 5.11 Å². The van der Waals surface area contributed by atoms with Gasteiger partial charge in [-0.25, -0.2) is 0 Å². The van der Waals surface area contributed by atoms with Gasteiger partial charge in [0.15, 0.2) is 0 Å². The molecule has 2 atom stereocenters. The van der Waals surface area contributed by atoms with E-state index in [0.717, 1.165) is 12.8 Å². The summed E-state index contributed by atoms with van der Waals surface area (Å²) in [5.74, 6) is -0.922. The summed E-state index contributed by atoms with van der Waals surface area (Å²) in [4.78, 5) is 11.1. The van der Waals surface area contributed by atoms with Gasteiger partial charge in [0.2, 0.25) is 0 Å². The quantitative estimate of drug-likeness (QED) is 0.815. The Morgan fingerprint density at radius 1 is 1.39 bits per heavy atom. The van der Waals surface area contributed by atoms with Gasteiger partial charge in [-0.05, 0) is 33.1 Å². The SMILES string of the molecule is CC1CCCN1S(=O)(=O)N1CCC(C)(C(=O)O)C1. The van der Waals surface area contributed by atoms with Crippen LogP contribution in [0.5, 0.6) is 0 Å². The van der Waals surface area contributed by atoms with Crippen molar-refractivity contribution in [3.05, 3.63) is 0 Å². The van der Waals surface area contributed by atoms with Crippen LogP contribution in [0, 0.1) is 5.41 Å². The zero-order chi connectivity index (χ0) is 13.6. The highest BCUT2D eigenvalue weighted by Gasteiger charge is 2.47. The molecule has 0 bridgehead atoms. The number of hydrogen-bond donors (Lipinski definition) is 1. The molecule has 2 aliphatic heterocycles. The van der Waals surface area contributed by atoms with Gasteiger partial charge in [0.05, 0.1) is 5.41 Å². The van der Waals surface area contributed by atoms with E-state index < -0.39 is 21.6 Å². The maximum atomic E-state index is 12.4. The number of carboxylic acids is 1. The summed E-state index contributed by atoms with van der Waals surface area (Å²) in [6.45, 7) is 4.43. The van der Waals surface area contributed by atoms with Crippen LogP contribution in [0.3, 0.4) is 0 Å². The molecule has 18 heavy (non-hydrogen) atoms. The third kappa shape index (κ3) is 2.15. The van der Waals surface area contributed by atoms with Crippen LogP contribution in [-0.2, 0) is 15.0 Å². The van der Waals surface area contributed by atoms with Crippen molar-refractivity contribution in [3.63, 3.8) is 0 Å². The smallest absolute Gasteiger partial charge is 0.310 e. The minimum atomic E-state index is -3.49. The van der Waals surface area contributed by atoms with E-state index in [2.05, 4.69) is 0 Å². The van der Waals surface area contributed by atoms with Gasteiger partial charge < -0.3 is 5.11 Å². The molecule has 0 radical (unpaired) electrons. The van der Waals surface area contributed by atoms with Crippen LogP contribution in [-0.4, -0.2) is 53.8 Å². The first-order valence-corrected chi connectivity index (χ1v) is 7.67. The molecule has 2 saturated heterocycles. The molecule has 0 aromatic carbocycles. The fourth-order valence-corrected chi connectivity index (χ4v) is 4.68. The summed E-state index contributed by atoms with van der Waals surface area (Å²) in [5, 5.41) is 9.14.